The maximum Gasteiger partial charge on any atom is 0.251 e. The minimum absolute atomic E-state index is 0.115. The Morgan fingerprint density at radius 1 is 1.10 bits per heavy atom. The molecule has 1 amide bonds. The third kappa shape index (κ3) is 3.87. The number of nitrogens with zero attached hydrogens (tertiary/aromatic N) is 3. The molecular weight excluding hydrogens is 388 g/mol. The summed E-state index contributed by atoms with van der Waals surface area (Å²) in [6.07, 6.45) is 1.69. The van der Waals surface area contributed by atoms with Gasteiger partial charge in [-0.3, -0.25) is 14.7 Å². The molecule has 0 aliphatic carbocycles. The lowest BCUT2D eigenvalue weighted by Crippen LogP contribution is -2.38. The molecule has 4 aromatic rings. The summed E-state index contributed by atoms with van der Waals surface area (Å²) in [5.41, 5.74) is 4.49. The zero-order chi connectivity index (χ0) is 21.2. The van der Waals surface area contributed by atoms with E-state index in [0.29, 0.717) is 12.2 Å². The molecule has 0 saturated carbocycles. The zero-order valence-electron chi connectivity index (χ0n) is 17.4. The molecule has 0 bridgehead atoms. The fraction of sp³-hybridized carbons (Fsp3) is 0.240. The third-order valence-electron chi connectivity index (χ3n) is 5.82. The molecule has 5 rings (SSSR count). The second-order valence-corrected chi connectivity index (χ2v) is 7.77. The van der Waals surface area contributed by atoms with E-state index in [1.54, 1.807) is 7.05 Å². The van der Waals surface area contributed by atoms with Gasteiger partial charge in [-0.05, 0) is 29.8 Å². The van der Waals surface area contributed by atoms with Crippen LogP contribution < -0.4 is 5.32 Å². The first-order chi connectivity index (χ1) is 15.2. The Bertz CT molecular complexity index is 1250. The van der Waals surface area contributed by atoms with E-state index in [9.17, 15) is 4.79 Å². The number of pyridine rings is 2. The fourth-order valence-corrected chi connectivity index (χ4v) is 4.24. The number of amides is 1. The quantitative estimate of drug-likeness (QED) is 0.553. The van der Waals surface area contributed by atoms with Gasteiger partial charge < -0.3 is 10.1 Å². The van der Waals surface area contributed by atoms with Crippen molar-refractivity contribution in [1.82, 2.24) is 20.2 Å². The van der Waals surface area contributed by atoms with Crippen LogP contribution in [-0.4, -0.2) is 47.5 Å². The summed E-state index contributed by atoms with van der Waals surface area (Å²) in [7, 11) is 1.65. The number of fused-ring (bicyclic) bond motifs is 2. The van der Waals surface area contributed by atoms with Crippen LogP contribution in [0, 0.1) is 0 Å². The number of para-hydroxylation sites is 2. The Balaban J connectivity index is 1.44. The normalized spacial score (nSPS) is 17.1. The van der Waals surface area contributed by atoms with Crippen LogP contribution in [-0.2, 0) is 11.3 Å². The molecule has 1 aliphatic rings. The average molecular weight is 412 g/mol. The Morgan fingerprint density at radius 3 is 2.71 bits per heavy atom. The molecular formula is C25H24N4O2. The van der Waals surface area contributed by atoms with Crippen molar-refractivity contribution in [3.8, 4) is 0 Å². The highest BCUT2D eigenvalue weighted by Crippen LogP contribution is 2.27. The van der Waals surface area contributed by atoms with Crippen LogP contribution in [0.3, 0.4) is 0 Å². The van der Waals surface area contributed by atoms with E-state index in [2.05, 4.69) is 33.4 Å². The first-order valence-corrected chi connectivity index (χ1v) is 10.5. The van der Waals surface area contributed by atoms with E-state index < -0.39 is 0 Å². The van der Waals surface area contributed by atoms with E-state index in [-0.39, 0.29) is 12.0 Å². The molecule has 0 unspecified atom stereocenters. The smallest absolute Gasteiger partial charge is 0.251 e. The monoisotopic (exact) mass is 412 g/mol. The van der Waals surface area contributed by atoms with E-state index >= 15 is 0 Å². The summed E-state index contributed by atoms with van der Waals surface area (Å²) in [6, 6.07) is 19.9. The van der Waals surface area contributed by atoms with Gasteiger partial charge in [0, 0.05) is 43.7 Å². The minimum Gasteiger partial charge on any atom is -0.369 e. The lowest BCUT2D eigenvalue weighted by Gasteiger charge is -2.33. The van der Waals surface area contributed by atoms with Crippen LogP contribution in [0.2, 0.25) is 0 Å². The molecule has 156 valence electrons. The van der Waals surface area contributed by atoms with E-state index in [1.807, 2.05) is 48.7 Å². The third-order valence-corrected chi connectivity index (χ3v) is 5.82. The van der Waals surface area contributed by atoms with Crippen molar-refractivity contribution in [2.75, 3.05) is 26.7 Å². The number of carbonyl (C=O) groups is 1. The zero-order valence-corrected chi connectivity index (χ0v) is 17.4. The molecule has 2 aromatic heterocycles. The van der Waals surface area contributed by atoms with Crippen LogP contribution in [0.25, 0.3) is 21.8 Å². The number of carbonyl (C=O) groups excluding carboxylic acids is 1. The highest BCUT2D eigenvalue weighted by Gasteiger charge is 2.25. The molecule has 1 fully saturated rings. The molecule has 2 aromatic carbocycles. The summed E-state index contributed by atoms with van der Waals surface area (Å²) < 4.78 is 6.09. The Labute approximate surface area is 180 Å². The predicted molar refractivity (Wildman–Crippen MR) is 121 cm³/mol. The maximum absolute atomic E-state index is 12.5. The van der Waals surface area contributed by atoms with Gasteiger partial charge in [0.1, 0.15) is 6.10 Å². The van der Waals surface area contributed by atoms with Crippen LogP contribution in [0.4, 0.5) is 0 Å². The van der Waals surface area contributed by atoms with Crippen molar-refractivity contribution in [2.45, 2.75) is 12.6 Å². The largest absolute Gasteiger partial charge is 0.369 e. The number of hydrogen-bond acceptors (Lipinski definition) is 5. The van der Waals surface area contributed by atoms with Gasteiger partial charge in [0.05, 0.1) is 28.9 Å². The maximum atomic E-state index is 12.5. The van der Waals surface area contributed by atoms with Gasteiger partial charge in [0.15, 0.2) is 0 Å². The van der Waals surface area contributed by atoms with Crippen molar-refractivity contribution >= 4 is 27.7 Å². The first-order valence-electron chi connectivity index (χ1n) is 10.5. The number of aromatic nitrogens is 2. The number of hydrogen-bond donors (Lipinski definition) is 1. The van der Waals surface area contributed by atoms with Crippen molar-refractivity contribution in [1.29, 1.82) is 0 Å². The molecule has 31 heavy (non-hydrogen) atoms. The van der Waals surface area contributed by atoms with Crippen LogP contribution in [0.5, 0.6) is 0 Å². The van der Waals surface area contributed by atoms with Gasteiger partial charge >= 0.3 is 0 Å². The highest BCUT2D eigenvalue weighted by molar-refractivity contribution is 6.06. The molecule has 6 nitrogen and oxygen atoms in total. The summed E-state index contributed by atoms with van der Waals surface area (Å²) in [4.78, 5) is 24.2. The van der Waals surface area contributed by atoms with Gasteiger partial charge in [-0.15, -0.1) is 0 Å². The molecule has 1 aliphatic heterocycles. The summed E-state index contributed by atoms with van der Waals surface area (Å²) in [5.74, 6) is -0.115. The highest BCUT2D eigenvalue weighted by atomic mass is 16.5. The molecule has 6 heteroatoms. The van der Waals surface area contributed by atoms with E-state index in [4.69, 9.17) is 9.72 Å². The number of rotatable bonds is 4. The predicted octanol–water partition coefficient (Wildman–Crippen LogP) is 3.72. The molecule has 1 N–H and O–H groups in total. The van der Waals surface area contributed by atoms with Gasteiger partial charge in [-0.1, -0.05) is 36.4 Å². The summed E-state index contributed by atoms with van der Waals surface area (Å²) in [5, 5.41) is 4.77. The van der Waals surface area contributed by atoms with Crippen LogP contribution in [0.15, 0.2) is 66.9 Å². The Morgan fingerprint density at radius 2 is 1.87 bits per heavy atom. The second kappa shape index (κ2) is 8.41. The number of nitrogens with one attached hydrogen (secondary N) is 1. The number of benzene rings is 2. The SMILES string of the molecule is CNC(=O)c1cc([C@@H]2CN(Cc3ccnc4ccccc34)CCO2)nc2ccccc12. The first kappa shape index (κ1) is 19.6. The number of morpholine rings is 1. The lowest BCUT2D eigenvalue weighted by atomic mass is 10.0. The van der Waals surface area contributed by atoms with Gasteiger partial charge in [0.25, 0.3) is 5.91 Å². The standard InChI is InChI=1S/C25H24N4O2/c1-26-25(30)20-14-23(28-22-9-5-3-7-19(20)22)24-16-29(12-13-31-24)15-17-10-11-27-21-8-4-2-6-18(17)21/h2-11,14,24H,12-13,15-16H2,1H3,(H,26,30)/t24-/m0/s1. The van der Waals surface area contributed by atoms with E-state index in [0.717, 1.165) is 41.7 Å². The summed E-state index contributed by atoms with van der Waals surface area (Å²) >= 11 is 0. The lowest BCUT2D eigenvalue weighted by molar-refractivity contribution is -0.0347. The second-order valence-electron chi connectivity index (χ2n) is 7.77. The van der Waals surface area contributed by atoms with Crippen molar-refractivity contribution in [2.24, 2.45) is 0 Å². The number of ether oxygens (including phenoxy) is 1. The molecule has 0 spiro atoms. The molecule has 1 saturated heterocycles. The van der Waals surface area contributed by atoms with Crippen molar-refractivity contribution in [3.63, 3.8) is 0 Å². The Hall–Kier alpha value is -3.35. The van der Waals surface area contributed by atoms with Crippen LogP contribution >= 0.6 is 0 Å². The van der Waals surface area contributed by atoms with Gasteiger partial charge in [-0.25, -0.2) is 4.98 Å². The summed E-state index contributed by atoms with van der Waals surface area (Å²) in [6.45, 7) is 3.01. The molecule has 0 radical (unpaired) electrons. The van der Waals surface area contributed by atoms with Gasteiger partial charge in [0.2, 0.25) is 0 Å². The minimum atomic E-state index is -0.185. The molecule has 1 atom stereocenters. The van der Waals surface area contributed by atoms with Crippen molar-refractivity contribution in [3.05, 3.63) is 83.7 Å². The van der Waals surface area contributed by atoms with Crippen molar-refractivity contribution < 1.29 is 9.53 Å². The molecule has 3 heterocycles. The Kier molecular flexibility index (Phi) is 5.32. The fourth-order valence-electron chi connectivity index (χ4n) is 4.24. The average Bonchev–Trinajstić information content (AvgIpc) is 2.83. The van der Waals surface area contributed by atoms with Crippen LogP contribution in [0.1, 0.15) is 27.7 Å². The topological polar surface area (TPSA) is 67.4 Å². The van der Waals surface area contributed by atoms with E-state index in [1.165, 1.54) is 10.9 Å². The van der Waals surface area contributed by atoms with Gasteiger partial charge in [-0.2, -0.15) is 0 Å².